The van der Waals surface area contributed by atoms with E-state index < -0.39 is 22.0 Å². The highest BCUT2D eigenvalue weighted by atomic mass is 79.9. The number of imide groups is 1. The third-order valence-electron chi connectivity index (χ3n) is 5.14. The number of benzene rings is 3. The van der Waals surface area contributed by atoms with Crippen molar-refractivity contribution in [2.45, 2.75) is 6.54 Å². The second kappa shape index (κ2) is 10.8. The van der Waals surface area contributed by atoms with Crippen molar-refractivity contribution in [3.63, 3.8) is 0 Å². The largest absolute Gasteiger partial charge is 0.493 e. The fraction of sp³-hybridized carbons (Fsp3) is 0.0800. The van der Waals surface area contributed by atoms with E-state index in [1.807, 2.05) is 0 Å². The first kappa shape index (κ1) is 25.1. The highest BCUT2D eigenvalue weighted by molar-refractivity contribution is 9.10. The smallest absolute Gasteiger partial charge is 0.343 e. The topological polar surface area (TPSA) is 116 Å². The van der Waals surface area contributed by atoms with E-state index in [-0.39, 0.29) is 34.2 Å². The molecule has 0 spiro atoms. The van der Waals surface area contributed by atoms with Crippen molar-refractivity contribution in [1.29, 1.82) is 0 Å². The number of methoxy groups -OCH3 is 1. The van der Waals surface area contributed by atoms with Crippen LogP contribution in [-0.2, 0) is 11.3 Å². The van der Waals surface area contributed by atoms with Gasteiger partial charge in [0, 0.05) is 16.1 Å². The van der Waals surface area contributed by atoms with E-state index >= 15 is 0 Å². The predicted molar refractivity (Wildman–Crippen MR) is 137 cm³/mol. The average Bonchev–Trinajstić information content (AvgIpc) is 3.12. The van der Waals surface area contributed by atoms with E-state index in [1.54, 1.807) is 42.5 Å². The summed E-state index contributed by atoms with van der Waals surface area (Å²) in [5, 5.41) is 10.7. The van der Waals surface area contributed by atoms with Gasteiger partial charge in [0.2, 0.25) is 0 Å². The minimum atomic E-state index is -0.571. The number of carbonyl (C=O) groups is 3. The number of halogens is 1. The Morgan fingerprint density at radius 3 is 2.58 bits per heavy atom. The third kappa shape index (κ3) is 5.47. The van der Waals surface area contributed by atoms with Crippen LogP contribution < -0.4 is 9.47 Å². The molecule has 11 heteroatoms. The molecule has 0 radical (unpaired) electrons. The maximum absolute atomic E-state index is 12.9. The second-order valence-corrected chi connectivity index (χ2v) is 9.37. The lowest BCUT2D eigenvalue weighted by molar-refractivity contribution is -0.385. The van der Waals surface area contributed by atoms with Crippen LogP contribution in [0.1, 0.15) is 21.5 Å². The zero-order chi connectivity index (χ0) is 25.8. The molecule has 36 heavy (non-hydrogen) atoms. The van der Waals surface area contributed by atoms with E-state index in [9.17, 15) is 24.5 Å². The van der Waals surface area contributed by atoms with Crippen LogP contribution in [0.4, 0.5) is 10.5 Å². The number of para-hydroxylation sites is 1. The number of nitro benzene ring substituents is 1. The molecule has 9 nitrogen and oxygen atoms in total. The molecule has 0 bridgehead atoms. The molecule has 0 N–H and O–H groups in total. The van der Waals surface area contributed by atoms with Gasteiger partial charge in [-0.05, 0) is 53.7 Å². The quantitative estimate of drug-likeness (QED) is 0.115. The summed E-state index contributed by atoms with van der Waals surface area (Å²) in [5.74, 6) is -0.693. The van der Waals surface area contributed by atoms with Crippen molar-refractivity contribution in [2.75, 3.05) is 7.11 Å². The maximum atomic E-state index is 12.9. The Balaban J connectivity index is 1.53. The van der Waals surface area contributed by atoms with E-state index in [0.717, 1.165) is 21.1 Å². The van der Waals surface area contributed by atoms with Crippen LogP contribution in [0.15, 0.2) is 76.1 Å². The molecular formula is C25H17BrN2O7S. The summed E-state index contributed by atoms with van der Waals surface area (Å²) in [6.45, 7) is -0.215. The predicted octanol–water partition coefficient (Wildman–Crippen LogP) is 5.82. The van der Waals surface area contributed by atoms with Gasteiger partial charge in [-0.2, -0.15) is 0 Å². The molecule has 0 saturated carbocycles. The fourth-order valence-corrected chi connectivity index (χ4v) is 4.65. The molecular weight excluding hydrogens is 552 g/mol. The van der Waals surface area contributed by atoms with Crippen molar-refractivity contribution in [1.82, 2.24) is 4.90 Å². The third-order valence-corrected chi connectivity index (χ3v) is 6.54. The zero-order valence-corrected chi connectivity index (χ0v) is 21.1. The number of hydrogen-bond donors (Lipinski definition) is 0. The first-order chi connectivity index (χ1) is 17.3. The minimum Gasteiger partial charge on any atom is -0.493 e. The number of ether oxygens (including phenoxy) is 2. The molecule has 1 fully saturated rings. The molecule has 4 rings (SSSR count). The number of amides is 2. The first-order valence-electron chi connectivity index (χ1n) is 10.4. The number of hydrogen-bond acceptors (Lipinski definition) is 8. The van der Waals surface area contributed by atoms with Gasteiger partial charge >= 0.3 is 5.97 Å². The summed E-state index contributed by atoms with van der Waals surface area (Å²) in [6.07, 6.45) is 1.51. The van der Waals surface area contributed by atoms with Crippen molar-refractivity contribution in [3.8, 4) is 11.5 Å². The van der Waals surface area contributed by atoms with Gasteiger partial charge in [0.25, 0.3) is 16.8 Å². The molecule has 3 aromatic rings. The van der Waals surface area contributed by atoms with E-state index in [1.165, 1.54) is 37.5 Å². The SMILES string of the molecule is COc1cc(/C=C2\SC(=O)N(Cc3ccccc3[N+](=O)[O-])C2=O)ccc1OC(=O)c1cccc(Br)c1. The van der Waals surface area contributed by atoms with Gasteiger partial charge in [0.15, 0.2) is 11.5 Å². The number of thioether (sulfide) groups is 1. The van der Waals surface area contributed by atoms with E-state index in [4.69, 9.17) is 9.47 Å². The van der Waals surface area contributed by atoms with Gasteiger partial charge < -0.3 is 9.47 Å². The van der Waals surface area contributed by atoms with Crippen molar-refractivity contribution >= 4 is 56.6 Å². The summed E-state index contributed by atoms with van der Waals surface area (Å²) in [5.41, 5.74) is 0.968. The molecule has 182 valence electrons. The van der Waals surface area contributed by atoms with Crippen LogP contribution in [0.3, 0.4) is 0 Å². The number of nitrogens with zero attached hydrogens (tertiary/aromatic N) is 2. The van der Waals surface area contributed by atoms with Crippen LogP contribution >= 0.6 is 27.7 Å². The first-order valence-corrected chi connectivity index (χ1v) is 12.0. The lowest BCUT2D eigenvalue weighted by atomic mass is 10.1. The molecule has 0 atom stereocenters. The summed E-state index contributed by atoms with van der Waals surface area (Å²) in [4.78, 5) is 49.7. The van der Waals surface area contributed by atoms with Crippen LogP contribution in [0.5, 0.6) is 11.5 Å². The average molecular weight is 569 g/mol. The Morgan fingerprint density at radius 2 is 1.86 bits per heavy atom. The van der Waals surface area contributed by atoms with Gasteiger partial charge in [-0.1, -0.05) is 46.3 Å². The normalized spacial score (nSPS) is 14.3. The van der Waals surface area contributed by atoms with Crippen LogP contribution in [0.2, 0.25) is 0 Å². The van der Waals surface area contributed by atoms with Crippen molar-refractivity contribution in [3.05, 3.63) is 103 Å². The van der Waals surface area contributed by atoms with E-state index in [0.29, 0.717) is 11.1 Å². The summed E-state index contributed by atoms with van der Waals surface area (Å²) >= 11 is 4.05. The molecule has 2 amide bonds. The van der Waals surface area contributed by atoms with E-state index in [2.05, 4.69) is 15.9 Å². The second-order valence-electron chi connectivity index (χ2n) is 7.46. The Labute approximate surface area is 218 Å². The van der Waals surface area contributed by atoms with Gasteiger partial charge in [-0.25, -0.2) is 4.79 Å². The molecule has 0 unspecified atom stereocenters. The minimum absolute atomic E-state index is 0.152. The fourth-order valence-electron chi connectivity index (χ4n) is 3.41. The molecule has 1 heterocycles. The van der Waals surface area contributed by atoms with Gasteiger partial charge in [-0.15, -0.1) is 0 Å². The molecule has 1 aliphatic rings. The standard InChI is InChI=1S/C25H17BrN2O7S/c1-34-21-11-15(9-10-20(21)35-24(30)16-6-4-7-18(26)13-16)12-22-23(29)27(25(31)36-22)14-17-5-2-3-8-19(17)28(32)33/h2-13H,14H2,1H3/b22-12-. The van der Waals surface area contributed by atoms with Crippen molar-refractivity contribution in [2.24, 2.45) is 0 Å². The lowest BCUT2D eigenvalue weighted by Gasteiger charge is -2.12. The van der Waals surface area contributed by atoms with Gasteiger partial charge in [0.05, 0.1) is 29.0 Å². The molecule has 1 aliphatic heterocycles. The number of rotatable bonds is 7. The van der Waals surface area contributed by atoms with Crippen LogP contribution in [0, 0.1) is 10.1 Å². The van der Waals surface area contributed by atoms with Gasteiger partial charge in [0.1, 0.15) is 0 Å². The van der Waals surface area contributed by atoms with Crippen LogP contribution in [0.25, 0.3) is 6.08 Å². The summed E-state index contributed by atoms with van der Waals surface area (Å²) < 4.78 is 11.5. The molecule has 3 aromatic carbocycles. The Morgan fingerprint density at radius 1 is 1.08 bits per heavy atom. The van der Waals surface area contributed by atoms with Gasteiger partial charge in [-0.3, -0.25) is 24.6 Å². The monoisotopic (exact) mass is 568 g/mol. The highest BCUT2D eigenvalue weighted by Gasteiger charge is 2.36. The number of nitro groups is 1. The number of esters is 1. The summed E-state index contributed by atoms with van der Waals surface area (Å²) in [7, 11) is 1.41. The number of carbonyl (C=O) groups excluding carboxylic acids is 3. The maximum Gasteiger partial charge on any atom is 0.343 e. The molecule has 0 aromatic heterocycles. The molecule has 0 aliphatic carbocycles. The Hall–Kier alpha value is -3.96. The van der Waals surface area contributed by atoms with Crippen LogP contribution in [-0.4, -0.2) is 34.0 Å². The summed E-state index contributed by atoms with van der Waals surface area (Å²) in [6, 6.07) is 17.4. The molecule has 1 saturated heterocycles. The van der Waals surface area contributed by atoms with Crippen molar-refractivity contribution < 1.29 is 28.8 Å². The highest BCUT2D eigenvalue weighted by Crippen LogP contribution is 2.36. The lowest BCUT2D eigenvalue weighted by Crippen LogP contribution is -2.27. The Bertz CT molecular complexity index is 1420. The Kier molecular flexibility index (Phi) is 7.51. The zero-order valence-electron chi connectivity index (χ0n) is 18.7.